The summed E-state index contributed by atoms with van der Waals surface area (Å²) >= 11 is 0. The van der Waals surface area contributed by atoms with Crippen LogP contribution in [0.2, 0.25) is 0 Å². The summed E-state index contributed by atoms with van der Waals surface area (Å²) in [5, 5.41) is 52.0. The average Bonchev–Trinajstić information content (AvgIpc) is 3.13. The van der Waals surface area contributed by atoms with Gasteiger partial charge in [-0.2, -0.15) is 0 Å². The Labute approximate surface area is 292 Å². The van der Waals surface area contributed by atoms with E-state index in [4.69, 9.17) is 30.6 Å². The standard InChI is InChI=1S/2C16H13N3O.2NO3.Pd/c2*20-16(13-7-1-4-10-17-13,14-8-2-5-11-18-14)15-9-3-6-12-19-15;2*2-1(3)4;/h2*1-12,20H;;;/q;;2*-1;+2. The van der Waals surface area contributed by atoms with Gasteiger partial charge in [0, 0.05) is 37.2 Å². The van der Waals surface area contributed by atoms with Crippen LogP contribution >= 0.6 is 0 Å². The summed E-state index contributed by atoms with van der Waals surface area (Å²) in [4.78, 5) is 42.1. The van der Waals surface area contributed by atoms with Gasteiger partial charge in [0.2, 0.25) is 0 Å². The summed E-state index contributed by atoms with van der Waals surface area (Å²) in [6, 6.07) is 32.4. The van der Waals surface area contributed by atoms with Crippen LogP contribution < -0.4 is 0 Å². The van der Waals surface area contributed by atoms with Crippen molar-refractivity contribution < 1.29 is 40.8 Å². The van der Waals surface area contributed by atoms with Gasteiger partial charge in [-0.3, -0.25) is 29.9 Å². The molecule has 6 rings (SSSR count). The molecule has 6 aromatic heterocycles. The van der Waals surface area contributed by atoms with Crippen LogP contribution in [-0.4, -0.2) is 50.3 Å². The first-order valence-corrected chi connectivity index (χ1v) is 13.7. The zero-order chi connectivity index (χ0) is 34.8. The number of hydrogen-bond donors (Lipinski definition) is 2. The summed E-state index contributed by atoms with van der Waals surface area (Å²) in [7, 11) is 0. The first-order chi connectivity index (χ1) is 23.1. The third kappa shape index (κ3) is 11.0. The second kappa shape index (κ2) is 19.5. The molecular weight excluding hydrogens is 731 g/mol. The molecule has 252 valence electrons. The summed E-state index contributed by atoms with van der Waals surface area (Å²) in [6.07, 6.45) is 9.87. The van der Waals surface area contributed by atoms with Gasteiger partial charge in [-0.05, 0) is 72.8 Å². The number of pyridine rings is 6. The molecule has 0 aliphatic heterocycles. The average molecular weight is 757 g/mol. The third-order valence-corrected chi connectivity index (χ3v) is 6.21. The van der Waals surface area contributed by atoms with Crippen molar-refractivity contribution in [1.29, 1.82) is 0 Å². The van der Waals surface area contributed by atoms with E-state index in [1.807, 2.05) is 36.4 Å². The van der Waals surface area contributed by atoms with Crippen molar-refractivity contribution in [1.82, 2.24) is 29.9 Å². The van der Waals surface area contributed by atoms with E-state index in [9.17, 15) is 10.2 Å². The largest absolute Gasteiger partial charge is 2.00 e. The van der Waals surface area contributed by atoms with E-state index >= 15 is 0 Å². The summed E-state index contributed by atoms with van der Waals surface area (Å²) in [6.45, 7) is 0. The van der Waals surface area contributed by atoms with E-state index in [1.54, 1.807) is 110 Å². The third-order valence-electron chi connectivity index (χ3n) is 6.21. The maximum atomic E-state index is 11.2. The van der Waals surface area contributed by atoms with Gasteiger partial charge in [0.15, 0.2) is 11.2 Å². The molecule has 0 aliphatic carbocycles. The van der Waals surface area contributed by atoms with E-state index in [-0.39, 0.29) is 20.4 Å². The number of rotatable bonds is 6. The molecule has 6 heterocycles. The molecule has 0 fully saturated rings. The number of aliphatic hydroxyl groups is 2. The van der Waals surface area contributed by atoms with E-state index < -0.39 is 21.4 Å². The van der Waals surface area contributed by atoms with Crippen molar-refractivity contribution in [2.45, 2.75) is 11.2 Å². The molecule has 0 aromatic carbocycles. The van der Waals surface area contributed by atoms with E-state index in [1.165, 1.54) is 0 Å². The molecule has 0 radical (unpaired) electrons. The molecule has 0 saturated heterocycles. The molecule has 0 amide bonds. The quantitative estimate of drug-likeness (QED) is 0.139. The van der Waals surface area contributed by atoms with Crippen LogP contribution in [0.15, 0.2) is 146 Å². The molecule has 0 saturated carbocycles. The minimum absolute atomic E-state index is 0. The Bertz CT molecular complexity index is 1480. The monoisotopic (exact) mass is 756 g/mol. The Morgan fingerprint density at radius 2 is 0.531 bits per heavy atom. The maximum Gasteiger partial charge on any atom is 2.00 e. The Morgan fingerprint density at radius 3 is 0.633 bits per heavy atom. The molecule has 6 aromatic rings. The van der Waals surface area contributed by atoms with Gasteiger partial charge in [-0.15, -0.1) is 0 Å². The van der Waals surface area contributed by atoms with Crippen molar-refractivity contribution in [2.75, 3.05) is 0 Å². The van der Waals surface area contributed by atoms with Crippen LogP contribution in [0.1, 0.15) is 34.2 Å². The Morgan fingerprint density at radius 1 is 0.388 bits per heavy atom. The van der Waals surface area contributed by atoms with Crippen LogP contribution in [0.25, 0.3) is 0 Å². The molecule has 2 N–H and O–H groups in total. The van der Waals surface area contributed by atoms with Gasteiger partial charge in [0.25, 0.3) is 0 Å². The first kappa shape index (κ1) is 39.1. The van der Waals surface area contributed by atoms with Crippen LogP contribution in [-0.2, 0) is 31.6 Å². The zero-order valence-electron chi connectivity index (χ0n) is 25.1. The molecular formula is C32H26N8O8Pd. The topological polar surface area (TPSA) is 250 Å². The van der Waals surface area contributed by atoms with E-state index in [0.717, 1.165) is 0 Å². The summed E-state index contributed by atoms with van der Waals surface area (Å²) < 4.78 is 0. The fourth-order valence-electron chi connectivity index (χ4n) is 4.25. The smallest absolute Gasteiger partial charge is 0.372 e. The minimum atomic E-state index is -1.75. The molecule has 17 heteroatoms. The van der Waals surface area contributed by atoms with Crippen molar-refractivity contribution in [3.8, 4) is 0 Å². The molecule has 0 aliphatic rings. The molecule has 16 nitrogen and oxygen atoms in total. The second-order valence-electron chi connectivity index (χ2n) is 9.16. The van der Waals surface area contributed by atoms with E-state index in [2.05, 4.69) is 29.9 Å². The van der Waals surface area contributed by atoms with Crippen molar-refractivity contribution >= 4 is 0 Å². The molecule has 0 bridgehead atoms. The predicted molar refractivity (Wildman–Crippen MR) is 170 cm³/mol. The maximum absolute atomic E-state index is 11.2. The zero-order valence-corrected chi connectivity index (χ0v) is 26.6. The number of hydrogen-bond acceptors (Lipinski definition) is 14. The van der Waals surface area contributed by atoms with Gasteiger partial charge in [-0.1, -0.05) is 36.4 Å². The number of nitrogens with zero attached hydrogens (tertiary/aromatic N) is 8. The van der Waals surface area contributed by atoms with Crippen molar-refractivity contribution in [3.05, 3.63) is 211 Å². The summed E-state index contributed by atoms with van der Waals surface area (Å²) in [5.74, 6) is 0. The predicted octanol–water partition coefficient (Wildman–Crippen LogP) is 3.83. The van der Waals surface area contributed by atoms with Crippen LogP contribution in [0.4, 0.5) is 0 Å². The molecule has 0 atom stereocenters. The SMILES string of the molecule is O=[N+]([O-])[O-].O=[N+]([O-])[O-].OC(c1ccccn1)(c1ccccn1)c1ccccn1.OC(c1ccccn1)(c1ccccn1)c1ccccn1.[Pd+2]. The second-order valence-corrected chi connectivity index (χ2v) is 9.16. The number of aromatic nitrogens is 6. The fraction of sp³-hybridized carbons (Fsp3) is 0.0625. The van der Waals surface area contributed by atoms with Gasteiger partial charge in [0.1, 0.15) is 0 Å². The Hall–Kier alpha value is -6.12. The first-order valence-electron chi connectivity index (χ1n) is 13.7. The summed E-state index contributed by atoms with van der Waals surface area (Å²) in [5.41, 5.74) is 0.0764. The van der Waals surface area contributed by atoms with Crippen LogP contribution in [0.3, 0.4) is 0 Å². The Balaban J connectivity index is 0.000000275. The van der Waals surface area contributed by atoms with Gasteiger partial charge in [-0.25, -0.2) is 0 Å². The molecule has 0 unspecified atom stereocenters. The molecule has 0 spiro atoms. The van der Waals surface area contributed by atoms with Gasteiger partial charge < -0.3 is 40.9 Å². The molecule has 49 heavy (non-hydrogen) atoms. The van der Waals surface area contributed by atoms with Gasteiger partial charge in [0.05, 0.1) is 44.3 Å². The normalized spacial score (nSPS) is 10.2. The fourth-order valence-corrected chi connectivity index (χ4v) is 4.25. The minimum Gasteiger partial charge on any atom is -0.372 e. The van der Waals surface area contributed by atoms with Crippen LogP contribution in [0, 0.1) is 30.6 Å². The van der Waals surface area contributed by atoms with Crippen LogP contribution in [0.5, 0.6) is 0 Å². The van der Waals surface area contributed by atoms with Crippen molar-refractivity contribution in [2.24, 2.45) is 0 Å². The van der Waals surface area contributed by atoms with E-state index in [0.29, 0.717) is 34.2 Å². The Kier molecular flexibility index (Phi) is 15.6. The van der Waals surface area contributed by atoms with Crippen molar-refractivity contribution in [3.63, 3.8) is 0 Å². The van der Waals surface area contributed by atoms with Gasteiger partial charge >= 0.3 is 20.4 Å².